The van der Waals surface area contributed by atoms with E-state index in [9.17, 15) is 5.11 Å². The normalized spacial score (nSPS) is 29.9. The predicted octanol–water partition coefficient (Wildman–Crippen LogP) is 4.23. The number of rotatable bonds is 2. The molecule has 6 nitrogen and oxygen atoms in total. The van der Waals surface area contributed by atoms with Crippen LogP contribution < -0.4 is 14.8 Å². The number of likely N-dealkylation sites (N-methyl/N-ethyl adjacent to an activating group) is 1. The highest BCUT2D eigenvalue weighted by molar-refractivity contribution is 5.94. The number of nitrogens with one attached hydrogen (secondary N) is 1. The highest BCUT2D eigenvalue weighted by atomic mass is 16.5. The summed E-state index contributed by atoms with van der Waals surface area (Å²) in [5.41, 5.74) is 4.98. The van der Waals surface area contributed by atoms with Gasteiger partial charge in [0.05, 0.1) is 29.3 Å². The van der Waals surface area contributed by atoms with Crippen molar-refractivity contribution in [2.75, 3.05) is 33.1 Å². The lowest BCUT2D eigenvalue weighted by molar-refractivity contribution is -0.167. The Bertz CT molecular complexity index is 1310. The molecule has 2 aliphatic heterocycles. The fourth-order valence-electron chi connectivity index (χ4n) is 7.30. The molecule has 2 aromatic carbocycles. The third kappa shape index (κ3) is 2.35. The van der Waals surface area contributed by atoms with Crippen LogP contribution in [0.3, 0.4) is 0 Å². The average molecular weight is 460 g/mol. The lowest BCUT2D eigenvalue weighted by Gasteiger charge is -2.62. The van der Waals surface area contributed by atoms with Crippen LogP contribution in [-0.4, -0.2) is 54.4 Å². The molecule has 1 spiro atoms. The number of pyridine rings is 1. The Hall–Kier alpha value is -2.83. The van der Waals surface area contributed by atoms with Crippen molar-refractivity contribution in [1.29, 1.82) is 0 Å². The van der Waals surface area contributed by atoms with Crippen LogP contribution in [0.25, 0.3) is 10.9 Å². The standard InChI is InChI=1S/C26H27N3O3.C2H6/c1-27-21-15-6-4-5-7-17(15)28-22-16(21)13-26(30)19-12-14-8-9-18(31-3)23-20(14)25(26,24(22)32-23)10-11-29(19)2;1-2/h4-9,19,24,30H,10-13H2,1-3H3,(H,27,28);1-2H3/t19-,24?,25+,26?;/m1./s1. The van der Waals surface area contributed by atoms with Gasteiger partial charge in [0.25, 0.3) is 0 Å². The Morgan fingerprint density at radius 3 is 2.76 bits per heavy atom. The van der Waals surface area contributed by atoms with E-state index in [0.29, 0.717) is 6.42 Å². The van der Waals surface area contributed by atoms with E-state index in [2.05, 4.69) is 35.5 Å². The van der Waals surface area contributed by atoms with Crippen molar-refractivity contribution in [3.8, 4) is 11.5 Å². The monoisotopic (exact) mass is 459 g/mol. The molecule has 1 aromatic heterocycles. The van der Waals surface area contributed by atoms with Crippen molar-refractivity contribution in [2.24, 2.45) is 0 Å². The van der Waals surface area contributed by atoms with Gasteiger partial charge in [-0.2, -0.15) is 0 Å². The highest BCUT2D eigenvalue weighted by Gasteiger charge is 2.72. The lowest BCUT2D eigenvalue weighted by Crippen LogP contribution is -2.74. The van der Waals surface area contributed by atoms with Crippen molar-refractivity contribution >= 4 is 16.6 Å². The summed E-state index contributed by atoms with van der Waals surface area (Å²) in [7, 11) is 5.78. The van der Waals surface area contributed by atoms with Crippen LogP contribution in [0.15, 0.2) is 36.4 Å². The Morgan fingerprint density at radius 2 is 2.00 bits per heavy atom. The molecule has 2 N–H and O–H groups in total. The molecule has 6 heteroatoms. The SMILES string of the molecule is CC.CNc1c2c(nc3ccccc13)C1Oc3c(OC)ccc4c3[C@@]13CCN(C)[C@H](C4)C3(O)C2. The number of anilines is 1. The Morgan fingerprint density at radius 1 is 1.21 bits per heavy atom. The number of para-hydroxylation sites is 1. The minimum absolute atomic E-state index is 0.0264. The topological polar surface area (TPSA) is 66.9 Å². The minimum Gasteiger partial charge on any atom is -0.493 e. The zero-order valence-corrected chi connectivity index (χ0v) is 20.6. The van der Waals surface area contributed by atoms with Crippen LogP contribution >= 0.6 is 0 Å². The van der Waals surface area contributed by atoms with E-state index in [1.807, 2.05) is 39.1 Å². The molecule has 3 heterocycles. The van der Waals surface area contributed by atoms with Gasteiger partial charge < -0.3 is 24.8 Å². The molecule has 178 valence electrons. The van der Waals surface area contributed by atoms with Crippen molar-refractivity contribution in [3.05, 3.63) is 58.8 Å². The number of aromatic nitrogens is 1. The second-order valence-corrected chi connectivity index (χ2v) is 9.77. The maximum absolute atomic E-state index is 12.7. The van der Waals surface area contributed by atoms with Crippen LogP contribution in [0, 0.1) is 0 Å². The third-order valence-corrected chi connectivity index (χ3v) is 8.66. The number of aliphatic hydroxyl groups is 1. The molecule has 0 radical (unpaired) electrons. The number of methoxy groups -OCH3 is 1. The Kier molecular flexibility index (Phi) is 4.68. The molecular formula is C28H33N3O3. The predicted molar refractivity (Wildman–Crippen MR) is 134 cm³/mol. The molecule has 0 amide bonds. The summed E-state index contributed by atoms with van der Waals surface area (Å²) in [5.74, 6) is 1.54. The molecule has 0 saturated carbocycles. The molecule has 4 atom stereocenters. The first-order chi connectivity index (χ1) is 16.5. The quantitative estimate of drug-likeness (QED) is 0.598. The van der Waals surface area contributed by atoms with E-state index < -0.39 is 11.0 Å². The van der Waals surface area contributed by atoms with Gasteiger partial charge in [-0.3, -0.25) is 0 Å². The molecule has 2 unspecified atom stereocenters. The number of hydrogen-bond acceptors (Lipinski definition) is 6. The van der Waals surface area contributed by atoms with E-state index in [-0.39, 0.29) is 12.1 Å². The summed E-state index contributed by atoms with van der Waals surface area (Å²) in [6.45, 7) is 4.92. The maximum Gasteiger partial charge on any atom is 0.166 e. The number of nitrogens with zero attached hydrogens (tertiary/aromatic N) is 2. The number of hydrogen-bond donors (Lipinski definition) is 2. The summed E-state index contributed by atoms with van der Waals surface area (Å²) in [4.78, 5) is 7.49. The van der Waals surface area contributed by atoms with Crippen LogP contribution in [0.2, 0.25) is 0 Å². The number of benzene rings is 2. The second kappa shape index (κ2) is 7.33. The molecule has 1 fully saturated rings. The van der Waals surface area contributed by atoms with Gasteiger partial charge in [-0.25, -0.2) is 4.98 Å². The fourth-order valence-corrected chi connectivity index (χ4v) is 7.30. The van der Waals surface area contributed by atoms with Gasteiger partial charge in [0.1, 0.15) is 0 Å². The molecule has 7 rings (SSSR count). The second-order valence-electron chi connectivity index (χ2n) is 9.77. The zero-order valence-electron chi connectivity index (χ0n) is 20.6. The van der Waals surface area contributed by atoms with Crippen LogP contribution in [0.4, 0.5) is 5.69 Å². The fraction of sp³-hybridized carbons (Fsp3) is 0.464. The smallest absolute Gasteiger partial charge is 0.166 e. The maximum atomic E-state index is 12.7. The number of likely N-dealkylation sites (tertiary alicyclic amines) is 1. The van der Waals surface area contributed by atoms with Gasteiger partial charge in [-0.1, -0.05) is 38.1 Å². The Labute approximate surface area is 200 Å². The first-order valence-corrected chi connectivity index (χ1v) is 12.4. The summed E-state index contributed by atoms with van der Waals surface area (Å²) >= 11 is 0. The lowest BCUT2D eigenvalue weighted by atomic mass is 9.49. The minimum atomic E-state index is -0.946. The Balaban J connectivity index is 0.00000106. The number of piperidine rings is 1. The van der Waals surface area contributed by atoms with Gasteiger partial charge in [-0.05, 0) is 44.1 Å². The van der Waals surface area contributed by atoms with Crippen molar-refractivity contribution in [3.63, 3.8) is 0 Å². The zero-order chi connectivity index (χ0) is 23.8. The van der Waals surface area contributed by atoms with E-state index in [1.54, 1.807) is 7.11 Å². The molecule has 3 aromatic rings. The number of fused-ring (bicyclic) bond motifs is 3. The van der Waals surface area contributed by atoms with Crippen molar-refractivity contribution in [1.82, 2.24) is 9.88 Å². The van der Waals surface area contributed by atoms with E-state index in [4.69, 9.17) is 14.5 Å². The molecule has 2 aliphatic carbocycles. The van der Waals surface area contributed by atoms with E-state index >= 15 is 0 Å². The number of ether oxygens (including phenoxy) is 2. The highest BCUT2D eigenvalue weighted by Crippen LogP contribution is 2.68. The molecule has 2 bridgehead atoms. The summed E-state index contributed by atoms with van der Waals surface area (Å²) in [5, 5.41) is 17.2. The van der Waals surface area contributed by atoms with Gasteiger partial charge in [0.2, 0.25) is 0 Å². The third-order valence-electron chi connectivity index (χ3n) is 8.66. The van der Waals surface area contributed by atoms with Gasteiger partial charge in [-0.15, -0.1) is 0 Å². The molecule has 1 saturated heterocycles. The molecule has 34 heavy (non-hydrogen) atoms. The van der Waals surface area contributed by atoms with Crippen molar-refractivity contribution in [2.45, 2.75) is 56.3 Å². The molecular weight excluding hydrogens is 426 g/mol. The van der Waals surface area contributed by atoms with Gasteiger partial charge >= 0.3 is 0 Å². The van der Waals surface area contributed by atoms with Crippen molar-refractivity contribution < 1.29 is 14.6 Å². The summed E-state index contributed by atoms with van der Waals surface area (Å²) < 4.78 is 12.5. The van der Waals surface area contributed by atoms with Crippen LogP contribution in [-0.2, 0) is 18.3 Å². The summed E-state index contributed by atoms with van der Waals surface area (Å²) in [6.07, 6.45) is 1.86. The van der Waals surface area contributed by atoms with Gasteiger partial charge in [0, 0.05) is 41.7 Å². The largest absolute Gasteiger partial charge is 0.493 e. The van der Waals surface area contributed by atoms with Crippen LogP contribution in [0.1, 0.15) is 48.8 Å². The summed E-state index contributed by atoms with van der Waals surface area (Å²) in [6, 6.07) is 12.4. The first-order valence-electron chi connectivity index (χ1n) is 12.4. The van der Waals surface area contributed by atoms with E-state index in [0.717, 1.165) is 64.3 Å². The average Bonchev–Trinajstić information content (AvgIpc) is 3.22. The van der Waals surface area contributed by atoms with E-state index in [1.165, 1.54) is 5.56 Å². The van der Waals surface area contributed by atoms with Crippen LogP contribution in [0.5, 0.6) is 11.5 Å². The van der Waals surface area contributed by atoms with Gasteiger partial charge in [0.15, 0.2) is 17.6 Å². The molecule has 4 aliphatic rings. The first kappa shape index (κ1) is 21.7.